The van der Waals surface area contributed by atoms with Crippen molar-refractivity contribution in [2.24, 2.45) is 0 Å². The van der Waals surface area contributed by atoms with Gasteiger partial charge in [0.2, 0.25) is 0 Å². The lowest BCUT2D eigenvalue weighted by molar-refractivity contribution is -0.384. The highest BCUT2D eigenvalue weighted by atomic mass is 32.1. The van der Waals surface area contributed by atoms with Gasteiger partial charge in [-0.25, -0.2) is 0 Å². The maximum Gasteiger partial charge on any atom is 0.426 e. The van der Waals surface area contributed by atoms with E-state index in [1.807, 2.05) is 0 Å². The quantitative estimate of drug-likeness (QED) is 0.408. The van der Waals surface area contributed by atoms with E-state index < -0.39 is 16.0 Å². The van der Waals surface area contributed by atoms with Crippen molar-refractivity contribution in [3.8, 4) is 16.9 Å². The van der Waals surface area contributed by atoms with Crippen molar-refractivity contribution in [2.45, 2.75) is 12.8 Å². The van der Waals surface area contributed by atoms with Crippen LogP contribution in [0.2, 0.25) is 0 Å². The molecule has 1 aromatic heterocycles. The Morgan fingerprint density at radius 3 is 2.27 bits per heavy atom. The van der Waals surface area contributed by atoms with Crippen LogP contribution in [0.25, 0.3) is 11.1 Å². The number of alkyl halides is 3. The first-order valence-corrected chi connectivity index (χ1v) is 8.29. The molecule has 2 aromatic carbocycles. The molecule has 134 valence electrons. The molecule has 8 heteroatoms. The second-order valence-corrected chi connectivity index (χ2v) is 6.50. The predicted octanol–water partition coefficient (Wildman–Crippen LogP) is 5.92. The first kappa shape index (κ1) is 17.9. The second kappa shape index (κ2) is 7.17. The average molecular weight is 379 g/mol. The highest BCUT2D eigenvalue weighted by molar-refractivity contribution is 7.12. The number of hydrogen-bond donors (Lipinski definition) is 0. The molecule has 0 saturated heterocycles. The molecular formula is C18H12F3NO3S. The van der Waals surface area contributed by atoms with Crippen molar-refractivity contribution in [3.05, 3.63) is 80.5 Å². The number of thiophene rings is 1. The summed E-state index contributed by atoms with van der Waals surface area (Å²) >= 11 is 0.630. The number of halogens is 3. The molecule has 26 heavy (non-hydrogen) atoms. The highest BCUT2D eigenvalue weighted by Gasteiger charge is 2.36. The van der Waals surface area contributed by atoms with E-state index in [4.69, 9.17) is 4.74 Å². The Labute approximate surface area is 150 Å². The summed E-state index contributed by atoms with van der Waals surface area (Å²) in [4.78, 5) is 9.82. The molecule has 1 heterocycles. The molecule has 3 rings (SSSR count). The molecule has 0 aliphatic heterocycles. The molecule has 0 bridgehead atoms. The zero-order chi connectivity index (χ0) is 18.7. The van der Waals surface area contributed by atoms with Crippen LogP contribution < -0.4 is 4.74 Å². The Morgan fingerprint density at radius 2 is 1.69 bits per heavy atom. The average Bonchev–Trinajstić information content (AvgIpc) is 3.06. The topological polar surface area (TPSA) is 52.4 Å². The summed E-state index contributed by atoms with van der Waals surface area (Å²) in [5.41, 5.74) is 0.516. The zero-order valence-corrected chi connectivity index (χ0v) is 14.0. The molecule has 0 atom stereocenters. The van der Waals surface area contributed by atoms with Crippen LogP contribution in [0.3, 0.4) is 0 Å². The molecule has 0 unspecified atom stereocenters. The van der Waals surface area contributed by atoms with Gasteiger partial charge in [0, 0.05) is 22.6 Å². The number of ether oxygens (including phenoxy) is 1. The van der Waals surface area contributed by atoms with Gasteiger partial charge in [0.25, 0.3) is 5.69 Å². The molecule has 0 saturated carbocycles. The van der Waals surface area contributed by atoms with Gasteiger partial charge in [-0.05, 0) is 23.8 Å². The summed E-state index contributed by atoms with van der Waals surface area (Å²) in [5.74, 6) is 0.346. The third-order valence-electron chi connectivity index (χ3n) is 3.55. The summed E-state index contributed by atoms with van der Waals surface area (Å²) < 4.78 is 45.5. The largest absolute Gasteiger partial charge is 0.488 e. The van der Waals surface area contributed by atoms with Gasteiger partial charge in [-0.1, -0.05) is 30.3 Å². The van der Waals surface area contributed by atoms with Gasteiger partial charge in [0.15, 0.2) is 0 Å². The van der Waals surface area contributed by atoms with E-state index in [1.165, 1.54) is 30.3 Å². The molecule has 0 spiro atoms. The Morgan fingerprint density at radius 1 is 1.04 bits per heavy atom. The van der Waals surface area contributed by atoms with Gasteiger partial charge < -0.3 is 4.74 Å². The van der Waals surface area contributed by atoms with E-state index in [-0.39, 0.29) is 17.9 Å². The molecule has 4 nitrogen and oxygen atoms in total. The van der Waals surface area contributed by atoms with Crippen molar-refractivity contribution < 1.29 is 22.8 Å². The van der Waals surface area contributed by atoms with Crippen LogP contribution in [0.15, 0.2) is 60.7 Å². The van der Waals surface area contributed by atoms with Crippen molar-refractivity contribution in [1.82, 2.24) is 0 Å². The summed E-state index contributed by atoms with van der Waals surface area (Å²) in [7, 11) is 0. The zero-order valence-electron chi connectivity index (χ0n) is 13.2. The van der Waals surface area contributed by atoms with E-state index in [2.05, 4.69) is 0 Å². The fourth-order valence-electron chi connectivity index (χ4n) is 2.37. The van der Waals surface area contributed by atoms with E-state index in [0.717, 1.165) is 0 Å². The van der Waals surface area contributed by atoms with Crippen LogP contribution in [-0.2, 0) is 12.8 Å². The van der Waals surface area contributed by atoms with Crippen molar-refractivity contribution >= 4 is 17.0 Å². The Kier molecular flexibility index (Phi) is 4.94. The van der Waals surface area contributed by atoms with Crippen LogP contribution in [-0.4, -0.2) is 4.92 Å². The van der Waals surface area contributed by atoms with Gasteiger partial charge in [0.1, 0.15) is 17.2 Å². The normalized spacial score (nSPS) is 11.3. The number of rotatable bonds is 5. The highest BCUT2D eigenvalue weighted by Crippen LogP contribution is 2.43. The van der Waals surface area contributed by atoms with Crippen LogP contribution in [0.5, 0.6) is 5.75 Å². The Hall–Kier alpha value is -2.87. The fraction of sp³-hybridized carbons (Fsp3) is 0.111. The summed E-state index contributed by atoms with van der Waals surface area (Å²) in [6.45, 7) is -0.0572. The predicted molar refractivity (Wildman–Crippen MR) is 92.2 cm³/mol. The molecule has 0 N–H and O–H groups in total. The van der Waals surface area contributed by atoms with Crippen LogP contribution in [0, 0.1) is 10.1 Å². The minimum Gasteiger partial charge on any atom is -0.488 e. The minimum absolute atomic E-state index is 0.0572. The first-order chi connectivity index (χ1) is 12.3. The molecule has 0 aliphatic rings. The molecule has 0 radical (unpaired) electrons. The lowest BCUT2D eigenvalue weighted by Crippen LogP contribution is -2.03. The summed E-state index contributed by atoms with van der Waals surface area (Å²) in [6, 6.07) is 15.2. The molecule has 0 fully saturated rings. The molecule has 0 amide bonds. The number of nitrogens with zero attached hydrogens (tertiary/aromatic N) is 1. The van der Waals surface area contributed by atoms with Gasteiger partial charge in [-0.2, -0.15) is 13.2 Å². The minimum atomic E-state index is -4.46. The maximum atomic E-state index is 13.3. The monoisotopic (exact) mass is 379 g/mol. The Bertz CT molecular complexity index is 906. The van der Waals surface area contributed by atoms with Crippen molar-refractivity contribution in [3.63, 3.8) is 0 Å². The number of non-ortho nitro benzene ring substituents is 1. The number of hydrogen-bond acceptors (Lipinski definition) is 4. The third-order valence-corrected chi connectivity index (χ3v) is 4.71. The van der Waals surface area contributed by atoms with E-state index in [9.17, 15) is 23.3 Å². The van der Waals surface area contributed by atoms with E-state index in [1.54, 1.807) is 30.3 Å². The molecule has 0 aliphatic carbocycles. The van der Waals surface area contributed by atoms with E-state index >= 15 is 0 Å². The smallest absolute Gasteiger partial charge is 0.426 e. The summed E-state index contributed by atoms with van der Waals surface area (Å²) in [5, 5.41) is 10.6. The van der Waals surface area contributed by atoms with Crippen LogP contribution >= 0.6 is 11.3 Å². The maximum absolute atomic E-state index is 13.3. The second-order valence-electron chi connectivity index (χ2n) is 5.36. The van der Waals surface area contributed by atoms with Gasteiger partial charge in [0.05, 0.1) is 4.92 Å². The standard InChI is InChI=1S/C18H12F3NO3S/c19-18(20,21)17-16(12-4-2-1-3-5-12)10-15(26-17)11-25-14-8-6-13(7-9-14)22(23)24/h1-10H,11H2. The summed E-state index contributed by atoms with van der Waals surface area (Å²) in [6.07, 6.45) is -4.46. The first-order valence-electron chi connectivity index (χ1n) is 7.47. The fourth-order valence-corrected chi connectivity index (χ4v) is 3.33. The molecule has 3 aromatic rings. The van der Waals surface area contributed by atoms with E-state index in [0.29, 0.717) is 27.5 Å². The third kappa shape index (κ3) is 4.02. The lowest BCUT2D eigenvalue weighted by Gasteiger charge is -2.07. The van der Waals surface area contributed by atoms with Crippen molar-refractivity contribution in [1.29, 1.82) is 0 Å². The molecular weight excluding hydrogens is 367 g/mol. The van der Waals surface area contributed by atoms with Crippen LogP contribution in [0.1, 0.15) is 9.75 Å². The van der Waals surface area contributed by atoms with Crippen LogP contribution in [0.4, 0.5) is 18.9 Å². The number of nitro benzene ring substituents is 1. The SMILES string of the molecule is O=[N+]([O-])c1ccc(OCc2cc(-c3ccccc3)c(C(F)(F)F)s2)cc1. The Balaban J connectivity index is 1.82. The van der Waals surface area contributed by atoms with Gasteiger partial charge in [-0.3, -0.25) is 10.1 Å². The number of benzene rings is 2. The number of nitro groups is 1. The van der Waals surface area contributed by atoms with Gasteiger partial charge in [-0.15, -0.1) is 11.3 Å². The van der Waals surface area contributed by atoms with Gasteiger partial charge >= 0.3 is 6.18 Å². The van der Waals surface area contributed by atoms with Crippen molar-refractivity contribution in [2.75, 3.05) is 0 Å². The lowest BCUT2D eigenvalue weighted by atomic mass is 10.1.